The van der Waals surface area contributed by atoms with Crippen LogP contribution in [0.15, 0.2) is 42.6 Å². The number of aromatic nitrogens is 1. The molecule has 0 radical (unpaired) electrons. The van der Waals surface area contributed by atoms with Crippen molar-refractivity contribution < 1.29 is 0 Å². The molecule has 0 saturated heterocycles. The molecule has 3 rings (SSSR count). The van der Waals surface area contributed by atoms with Crippen molar-refractivity contribution in [1.29, 1.82) is 0 Å². The minimum Gasteiger partial charge on any atom is -0.399 e. The molecule has 0 unspecified atom stereocenters. The quantitative estimate of drug-likeness (QED) is 0.851. The largest absolute Gasteiger partial charge is 0.399 e. The van der Waals surface area contributed by atoms with Gasteiger partial charge in [0.2, 0.25) is 0 Å². The van der Waals surface area contributed by atoms with E-state index in [9.17, 15) is 0 Å². The van der Waals surface area contributed by atoms with Gasteiger partial charge in [0.25, 0.3) is 0 Å². The molecule has 1 aliphatic rings. The molecule has 98 valence electrons. The summed E-state index contributed by atoms with van der Waals surface area (Å²) < 4.78 is 0. The summed E-state index contributed by atoms with van der Waals surface area (Å²) in [6, 6.07) is 12.9. The lowest BCUT2D eigenvalue weighted by Crippen LogP contribution is -2.26. The lowest BCUT2D eigenvalue weighted by Gasteiger charge is -2.25. The van der Waals surface area contributed by atoms with Gasteiger partial charge in [-0.3, -0.25) is 0 Å². The van der Waals surface area contributed by atoms with Crippen molar-refractivity contribution in [2.45, 2.75) is 32.4 Å². The summed E-state index contributed by atoms with van der Waals surface area (Å²) in [6.45, 7) is 3.00. The molecular weight excluding hydrogens is 234 g/mol. The van der Waals surface area contributed by atoms with Crippen LogP contribution >= 0.6 is 0 Å². The van der Waals surface area contributed by atoms with Crippen molar-refractivity contribution in [1.82, 2.24) is 4.98 Å². The van der Waals surface area contributed by atoms with Crippen LogP contribution in [0.5, 0.6) is 0 Å². The SMILES string of the molecule is Cc1cccnc1N(Cc1cccc(N)c1)C1CC1. The zero-order valence-corrected chi connectivity index (χ0v) is 11.2. The molecule has 1 aliphatic carbocycles. The molecule has 0 bridgehead atoms. The number of rotatable bonds is 4. The monoisotopic (exact) mass is 253 g/mol. The van der Waals surface area contributed by atoms with E-state index in [-0.39, 0.29) is 0 Å². The van der Waals surface area contributed by atoms with Crippen LogP contribution in [0.4, 0.5) is 11.5 Å². The molecule has 1 heterocycles. The van der Waals surface area contributed by atoms with E-state index in [4.69, 9.17) is 5.73 Å². The van der Waals surface area contributed by atoms with Crippen LogP contribution in [-0.2, 0) is 6.54 Å². The Morgan fingerprint density at radius 2 is 2.11 bits per heavy atom. The molecule has 0 aliphatic heterocycles. The molecule has 1 aromatic heterocycles. The van der Waals surface area contributed by atoms with Crippen LogP contribution < -0.4 is 10.6 Å². The average Bonchev–Trinajstić information content (AvgIpc) is 3.21. The summed E-state index contributed by atoms with van der Waals surface area (Å²) in [5, 5.41) is 0. The highest BCUT2D eigenvalue weighted by Gasteiger charge is 2.30. The molecule has 19 heavy (non-hydrogen) atoms. The van der Waals surface area contributed by atoms with Gasteiger partial charge in [-0.2, -0.15) is 0 Å². The molecule has 3 nitrogen and oxygen atoms in total. The van der Waals surface area contributed by atoms with Gasteiger partial charge < -0.3 is 10.6 Å². The first-order valence-electron chi connectivity index (χ1n) is 6.77. The number of pyridine rings is 1. The number of hydrogen-bond donors (Lipinski definition) is 1. The van der Waals surface area contributed by atoms with Gasteiger partial charge in [0, 0.05) is 24.5 Å². The zero-order valence-electron chi connectivity index (χ0n) is 11.2. The van der Waals surface area contributed by atoms with Crippen molar-refractivity contribution in [2.75, 3.05) is 10.6 Å². The van der Waals surface area contributed by atoms with Crippen LogP contribution in [0.25, 0.3) is 0 Å². The molecule has 0 atom stereocenters. The Morgan fingerprint density at radius 3 is 2.79 bits per heavy atom. The minimum atomic E-state index is 0.634. The molecule has 0 spiro atoms. The van der Waals surface area contributed by atoms with Crippen molar-refractivity contribution in [3.05, 3.63) is 53.7 Å². The summed E-state index contributed by atoms with van der Waals surface area (Å²) in [6.07, 6.45) is 4.40. The van der Waals surface area contributed by atoms with E-state index in [1.54, 1.807) is 0 Å². The van der Waals surface area contributed by atoms with Crippen molar-refractivity contribution in [3.8, 4) is 0 Å². The number of benzene rings is 1. The lowest BCUT2D eigenvalue weighted by molar-refractivity contribution is 0.774. The molecule has 1 aromatic carbocycles. The Morgan fingerprint density at radius 1 is 1.26 bits per heavy atom. The maximum atomic E-state index is 5.86. The van der Waals surface area contributed by atoms with Crippen molar-refractivity contribution in [3.63, 3.8) is 0 Å². The second kappa shape index (κ2) is 4.92. The Kier molecular flexibility index (Phi) is 3.11. The van der Waals surface area contributed by atoms with Crippen LogP contribution in [0.1, 0.15) is 24.0 Å². The lowest BCUT2D eigenvalue weighted by atomic mass is 10.1. The van der Waals surface area contributed by atoms with E-state index < -0.39 is 0 Å². The highest BCUT2D eigenvalue weighted by atomic mass is 15.2. The van der Waals surface area contributed by atoms with Gasteiger partial charge in [0.05, 0.1) is 0 Å². The third-order valence-corrected chi connectivity index (χ3v) is 3.55. The summed E-state index contributed by atoms with van der Waals surface area (Å²) in [5.74, 6) is 1.10. The predicted octanol–water partition coefficient (Wildman–Crippen LogP) is 3.14. The molecule has 1 saturated carbocycles. The van der Waals surface area contributed by atoms with Gasteiger partial charge in [-0.15, -0.1) is 0 Å². The second-order valence-electron chi connectivity index (χ2n) is 5.25. The van der Waals surface area contributed by atoms with E-state index in [0.29, 0.717) is 6.04 Å². The molecule has 1 fully saturated rings. The summed E-state index contributed by atoms with van der Waals surface area (Å²) >= 11 is 0. The highest BCUT2D eigenvalue weighted by Crippen LogP contribution is 2.33. The Balaban J connectivity index is 1.88. The Hall–Kier alpha value is -2.03. The fraction of sp³-hybridized carbons (Fsp3) is 0.312. The van der Waals surface area contributed by atoms with Gasteiger partial charge >= 0.3 is 0 Å². The smallest absolute Gasteiger partial charge is 0.131 e. The third-order valence-electron chi connectivity index (χ3n) is 3.55. The van der Waals surface area contributed by atoms with Crippen LogP contribution in [0.2, 0.25) is 0 Å². The van der Waals surface area contributed by atoms with Crippen molar-refractivity contribution >= 4 is 11.5 Å². The highest BCUT2D eigenvalue weighted by molar-refractivity contribution is 5.50. The first kappa shape index (κ1) is 12.0. The Bertz CT molecular complexity index is 576. The van der Waals surface area contributed by atoms with Gasteiger partial charge in [-0.25, -0.2) is 4.98 Å². The number of aryl methyl sites for hydroxylation is 1. The number of nitrogens with zero attached hydrogens (tertiary/aromatic N) is 2. The number of anilines is 2. The maximum Gasteiger partial charge on any atom is 0.131 e. The van der Waals surface area contributed by atoms with Crippen molar-refractivity contribution in [2.24, 2.45) is 0 Å². The van der Waals surface area contributed by atoms with E-state index in [2.05, 4.69) is 28.9 Å². The average molecular weight is 253 g/mol. The molecule has 2 N–H and O–H groups in total. The van der Waals surface area contributed by atoms with Gasteiger partial charge in [0.15, 0.2) is 0 Å². The summed E-state index contributed by atoms with van der Waals surface area (Å²) in [7, 11) is 0. The van der Waals surface area contributed by atoms with Crippen LogP contribution in [0, 0.1) is 6.92 Å². The number of nitrogen functional groups attached to an aromatic ring is 1. The summed E-state index contributed by atoms with van der Waals surface area (Å²) in [5.41, 5.74) is 9.17. The zero-order chi connectivity index (χ0) is 13.2. The minimum absolute atomic E-state index is 0.634. The van der Waals surface area contributed by atoms with Gasteiger partial charge in [-0.1, -0.05) is 18.2 Å². The second-order valence-corrected chi connectivity index (χ2v) is 5.25. The standard InChI is InChI=1S/C16H19N3/c1-12-4-3-9-18-16(12)19(15-7-8-15)11-13-5-2-6-14(17)10-13/h2-6,9-10,15H,7-8,11,17H2,1H3. The molecular formula is C16H19N3. The summed E-state index contributed by atoms with van der Waals surface area (Å²) in [4.78, 5) is 6.96. The first-order chi connectivity index (χ1) is 9.24. The molecule has 3 heteroatoms. The number of hydrogen-bond acceptors (Lipinski definition) is 3. The van der Waals surface area contributed by atoms with Gasteiger partial charge in [0.1, 0.15) is 5.82 Å². The van der Waals surface area contributed by atoms with E-state index in [0.717, 1.165) is 18.1 Å². The van der Waals surface area contributed by atoms with Crippen LogP contribution in [0.3, 0.4) is 0 Å². The fourth-order valence-corrected chi connectivity index (χ4v) is 2.43. The fourth-order valence-electron chi connectivity index (χ4n) is 2.43. The first-order valence-corrected chi connectivity index (χ1v) is 6.77. The van der Waals surface area contributed by atoms with Crippen LogP contribution in [-0.4, -0.2) is 11.0 Å². The van der Waals surface area contributed by atoms with E-state index in [1.807, 2.05) is 30.5 Å². The predicted molar refractivity (Wildman–Crippen MR) is 79.0 cm³/mol. The van der Waals surface area contributed by atoms with E-state index >= 15 is 0 Å². The molecule has 2 aromatic rings. The number of nitrogens with two attached hydrogens (primary N) is 1. The normalized spacial score (nSPS) is 14.4. The van der Waals surface area contributed by atoms with E-state index in [1.165, 1.54) is 24.0 Å². The molecule has 0 amide bonds. The third kappa shape index (κ3) is 2.70. The Labute approximate surface area is 114 Å². The topological polar surface area (TPSA) is 42.2 Å². The maximum absolute atomic E-state index is 5.86. The van der Waals surface area contributed by atoms with Gasteiger partial charge in [-0.05, 0) is 49.1 Å².